The lowest BCUT2D eigenvalue weighted by atomic mass is 9.98. The Hall–Kier alpha value is -1.46. The summed E-state index contributed by atoms with van der Waals surface area (Å²) in [5.74, 6) is 0.605. The number of aliphatic hydroxyl groups excluding tert-OH is 1. The second kappa shape index (κ2) is 6.12. The highest BCUT2D eigenvalue weighted by Gasteiger charge is 2.17. The Morgan fingerprint density at radius 3 is 2.84 bits per heavy atom. The van der Waals surface area contributed by atoms with E-state index in [1.807, 2.05) is 6.07 Å². The molecule has 6 heteroatoms. The van der Waals surface area contributed by atoms with Crippen molar-refractivity contribution >= 4 is 11.6 Å². The SMILES string of the molecule is CCCCC(O)c1ccc(Cl)cc1-c1nnnn1C. The Bertz CT molecular complexity index is 555. The zero-order valence-corrected chi connectivity index (χ0v) is 11.8. The molecular weight excluding hydrogens is 264 g/mol. The highest BCUT2D eigenvalue weighted by atomic mass is 35.5. The number of benzene rings is 1. The molecule has 0 bridgehead atoms. The molecule has 2 rings (SSSR count). The van der Waals surface area contributed by atoms with Gasteiger partial charge in [0.1, 0.15) is 0 Å². The monoisotopic (exact) mass is 280 g/mol. The van der Waals surface area contributed by atoms with Crippen LogP contribution in [0.4, 0.5) is 0 Å². The van der Waals surface area contributed by atoms with Crippen LogP contribution in [-0.4, -0.2) is 25.3 Å². The predicted octanol–water partition coefficient (Wildman–Crippen LogP) is 2.75. The Balaban J connectivity index is 2.41. The first-order valence-corrected chi connectivity index (χ1v) is 6.71. The molecule has 1 aromatic heterocycles. The number of unbranched alkanes of at least 4 members (excludes halogenated alkanes) is 1. The minimum absolute atomic E-state index is 0.524. The van der Waals surface area contributed by atoms with Crippen molar-refractivity contribution in [2.24, 2.45) is 7.05 Å². The Labute approximate surface area is 117 Å². The summed E-state index contributed by atoms with van der Waals surface area (Å²) in [6.45, 7) is 2.10. The maximum Gasteiger partial charge on any atom is 0.182 e. The van der Waals surface area contributed by atoms with Crippen LogP contribution in [-0.2, 0) is 7.05 Å². The highest BCUT2D eigenvalue weighted by Crippen LogP contribution is 2.31. The van der Waals surface area contributed by atoms with Crippen molar-refractivity contribution in [1.29, 1.82) is 0 Å². The second-order valence-corrected chi connectivity index (χ2v) is 4.95. The summed E-state index contributed by atoms with van der Waals surface area (Å²) in [6, 6.07) is 5.41. The standard InChI is InChI=1S/C13H17ClN4O/c1-3-4-5-12(19)10-7-6-9(14)8-11(10)13-15-16-17-18(13)2/h6-8,12,19H,3-5H2,1-2H3. The van der Waals surface area contributed by atoms with E-state index in [0.717, 1.165) is 30.4 Å². The summed E-state index contributed by atoms with van der Waals surface area (Å²) in [6.07, 6.45) is 2.21. The number of aryl methyl sites for hydroxylation is 1. The first-order chi connectivity index (χ1) is 9.13. The first-order valence-electron chi connectivity index (χ1n) is 6.33. The minimum atomic E-state index is -0.524. The van der Waals surface area contributed by atoms with Gasteiger partial charge in [-0.3, -0.25) is 0 Å². The Morgan fingerprint density at radius 2 is 2.21 bits per heavy atom. The van der Waals surface area contributed by atoms with E-state index < -0.39 is 6.10 Å². The van der Waals surface area contributed by atoms with E-state index in [1.54, 1.807) is 23.9 Å². The van der Waals surface area contributed by atoms with Gasteiger partial charge in [-0.25, -0.2) is 4.68 Å². The third-order valence-corrected chi connectivity index (χ3v) is 3.30. The molecule has 1 atom stereocenters. The second-order valence-electron chi connectivity index (χ2n) is 4.52. The molecule has 0 saturated carbocycles. The first kappa shape index (κ1) is 14.0. The van der Waals surface area contributed by atoms with Crippen LogP contribution in [0.2, 0.25) is 5.02 Å². The summed E-state index contributed by atoms with van der Waals surface area (Å²) in [7, 11) is 1.76. The van der Waals surface area contributed by atoms with Crippen molar-refractivity contribution in [3.8, 4) is 11.4 Å². The normalized spacial score (nSPS) is 12.6. The zero-order valence-electron chi connectivity index (χ0n) is 11.0. The van der Waals surface area contributed by atoms with Gasteiger partial charge in [0.05, 0.1) is 6.10 Å². The summed E-state index contributed by atoms with van der Waals surface area (Å²) in [5.41, 5.74) is 1.60. The van der Waals surface area contributed by atoms with Gasteiger partial charge in [0, 0.05) is 17.6 Å². The Kier molecular flexibility index (Phi) is 4.50. The van der Waals surface area contributed by atoms with Crippen LogP contribution in [0.1, 0.15) is 37.9 Å². The van der Waals surface area contributed by atoms with Crippen LogP contribution < -0.4 is 0 Å². The van der Waals surface area contributed by atoms with E-state index in [4.69, 9.17) is 11.6 Å². The van der Waals surface area contributed by atoms with Gasteiger partial charge in [-0.05, 0) is 34.5 Å². The van der Waals surface area contributed by atoms with Gasteiger partial charge in [0.2, 0.25) is 0 Å². The number of hydrogen-bond donors (Lipinski definition) is 1. The van der Waals surface area contributed by atoms with Gasteiger partial charge < -0.3 is 5.11 Å². The van der Waals surface area contributed by atoms with Crippen molar-refractivity contribution in [3.63, 3.8) is 0 Å². The lowest BCUT2D eigenvalue weighted by molar-refractivity contribution is 0.165. The molecule has 0 fully saturated rings. The molecule has 1 N–H and O–H groups in total. The molecule has 0 aliphatic heterocycles. The number of aromatic nitrogens is 4. The van der Waals surface area contributed by atoms with Gasteiger partial charge in [-0.1, -0.05) is 37.4 Å². The molecule has 19 heavy (non-hydrogen) atoms. The maximum atomic E-state index is 10.3. The lowest BCUT2D eigenvalue weighted by Crippen LogP contribution is -2.03. The fraction of sp³-hybridized carbons (Fsp3) is 0.462. The van der Waals surface area contributed by atoms with Crippen molar-refractivity contribution < 1.29 is 5.11 Å². The van der Waals surface area contributed by atoms with Crippen LogP contribution in [0, 0.1) is 0 Å². The van der Waals surface area contributed by atoms with E-state index >= 15 is 0 Å². The van der Waals surface area contributed by atoms with Crippen molar-refractivity contribution in [1.82, 2.24) is 20.2 Å². The number of tetrazole rings is 1. The summed E-state index contributed by atoms with van der Waals surface area (Å²) in [4.78, 5) is 0. The summed E-state index contributed by atoms with van der Waals surface area (Å²) in [5, 5.41) is 22.3. The van der Waals surface area contributed by atoms with Gasteiger partial charge in [-0.2, -0.15) is 0 Å². The largest absolute Gasteiger partial charge is 0.388 e. The Morgan fingerprint density at radius 1 is 1.42 bits per heavy atom. The third kappa shape index (κ3) is 3.11. The van der Waals surface area contributed by atoms with Gasteiger partial charge in [-0.15, -0.1) is 5.10 Å². The van der Waals surface area contributed by atoms with E-state index in [9.17, 15) is 5.11 Å². The molecule has 0 radical (unpaired) electrons. The molecular formula is C13H17ClN4O. The quantitative estimate of drug-likeness (QED) is 0.915. The van der Waals surface area contributed by atoms with Gasteiger partial charge in [0.25, 0.3) is 0 Å². The number of nitrogens with zero attached hydrogens (tertiary/aromatic N) is 4. The molecule has 0 aliphatic carbocycles. The predicted molar refractivity (Wildman–Crippen MR) is 73.7 cm³/mol. The van der Waals surface area contributed by atoms with E-state index in [1.165, 1.54) is 0 Å². The molecule has 2 aromatic rings. The number of halogens is 1. The zero-order chi connectivity index (χ0) is 13.8. The molecule has 102 valence electrons. The van der Waals surface area contributed by atoms with Crippen molar-refractivity contribution in [2.75, 3.05) is 0 Å². The fourth-order valence-corrected chi connectivity index (χ4v) is 2.20. The van der Waals surface area contributed by atoms with Gasteiger partial charge >= 0.3 is 0 Å². The van der Waals surface area contributed by atoms with Crippen LogP contribution >= 0.6 is 11.6 Å². The van der Waals surface area contributed by atoms with Crippen molar-refractivity contribution in [2.45, 2.75) is 32.3 Å². The van der Waals surface area contributed by atoms with Crippen LogP contribution in [0.3, 0.4) is 0 Å². The van der Waals surface area contributed by atoms with Crippen LogP contribution in [0.5, 0.6) is 0 Å². The minimum Gasteiger partial charge on any atom is -0.388 e. The van der Waals surface area contributed by atoms with Crippen LogP contribution in [0.25, 0.3) is 11.4 Å². The summed E-state index contributed by atoms with van der Waals surface area (Å²) < 4.78 is 1.57. The highest BCUT2D eigenvalue weighted by molar-refractivity contribution is 6.30. The molecule has 0 amide bonds. The van der Waals surface area contributed by atoms with E-state index in [2.05, 4.69) is 22.4 Å². The molecule has 0 spiro atoms. The number of rotatable bonds is 5. The number of aliphatic hydroxyl groups is 1. The van der Waals surface area contributed by atoms with E-state index in [0.29, 0.717) is 10.8 Å². The number of hydrogen-bond acceptors (Lipinski definition) is 4. The molecule has 1 heterocycles. The lowest BCUT2D eigenvalue weighted by Gasteiger charge is -2.15. The summed E-state index contributed by atoms with van der Waals surface area (Å²) >= 11 is 6.04. The van der Waals surface area contributed by atoms with Gasteiger partial charge in [0.15, 0.2) is 5.82 Å². The van der Waals surface area contributed by atoms with Crippen LogP contribution in [0.15, 0.2) is 18.2 Å². The maximum absolute atomic E-state index is 10.3. The topological polar surface area (TPSA) is 63.8 Å². The fourth-order valence-electron chi connectivity index (χ4n) is 2.02. The third-order valence-electron chi connectivity index (χ3n) is 3.07. The van der Waals surface area contributed by atoms with Crippen molar-refractivity contribution in [3.05, 3.63) is 28.8 Å². The molecule has 0 saturated heterocycles. The smallest absolute Gasteiger partial charge is 0.182 e. The molecule has 5 nitrogen and oxygen atoms in total. The van der Waals surface area contributed by atoms with E-state index in [-0.39, 0.29) is 0 Å². The molecule has 0 aliphatic rings. The average Bonchev–Trinajstić information content (AvgIpc) is 2.82. The molecule has 1 aromatic carbocycles. The average molecular weight is 281 g/mol. The molecule has 1 unspecified atom stereocenters.